The Kier molecular flexibility index (Phi) is 4.58. The average molecular weight is 326 g/mol. The van der Waals surface area contributed by atoms with Crippen molar-refractivity contribution in [2.75, 3.05) is 12.2 Å². The van der Waals surface area contributed by atoms with Crippen LogP contribution in [0.2, 0.25) is 0 Å². The fourth-order valence-electron chi connectivity index (χ4n) is 1.98. The van der Waals surface area contributed by atoms with Gasteiger partial charge in [-0.15, -0.1) is 0 Å². The van der Waals surface area contributed by atoms with Crippen LogP contribution in [0.1, 0.15) is 11.1 Å². The Labute approximate surface area is 137 Å². The maximum atomic E-state index is 12.2. The van der Waals surface area contributed by atoms with Gasteiger partial charge in [-0.25, -0.2) is 4.39 Å². The molecule has 1 heterocycles. The molecule has 1 aliphatic rings. The summed E-state index contributed by atoms with van der Waals surface area (Å²) in [6, 6.07) is 13.1. The molecule has 0 saturated carbocycles. The van der Waals surface area contributed by atoms with Crippen molar-refractivity contribution >= 4 is 17.8 Å². The van der Waals surface area contributed by atoms with Crippen molar-refractivity contribution < 1.29 is 13.9 Å². The molecular formula is C18H15FN2O3. The third kappa shape index (κ3) is 3.99. The largest absolute Gasteiger partial charge is 0.454 e. The number of ether oxygens (including phenoxy) is 2. The molecule has 3 N–H and O–H groups in total. The summed E-state index contributed by atoms with van der Waals surface area (Å²) in [7, 11) is 0. The van der Waals surface area contributed by atoms with Crippen LogP contribution in [-0.2, 0) is 0 Å². The van der Waals surface area contributed by atoms with E-state index in [1.807, 2.05) is 24.3 Å². The molecule has 0 spiro atoms. The molecule has 3 aromatic carbocycles. The minimum Gasteiger partial charge on any atom is -0.454 e. The first-order valence-electron chi connectivity index (χ1n) is 7.21. The van der Waals surface area contributed by atoms with Gasteiger partial charge in [0.05, 0.1) is 0 Å². The molecule has 4 rings (SSSR count). The van der Waals surface area contributed by atoms with Crippen LogP contribution in [0, 0.1) is 5.82 Å². The standard InChI is InChI=1S/C12H8O3.C6H7FN2/c13-10-6-9(10)3-1-8-2-4-11-12(5-8)15-7-14-11;7-5-1-3-6(9-8)4-2-5/h1-6H,7H2;1-4,9H,8H2. The molecule has 3 aromatic rings. The second-order valence-electron chi connectivity index (χ2n) is 5.06. The van der Waals surface area contributed by atoms with Crippen molar-refractivity contribution in [3.8, 4) is 11.5 Å². The summed E-state index contributed by atoms with van der Waals surface area (Å²) in [5.74, 6) is 6.30. The molecule has 24 heavy (non-hydrogen) atoms. The smallest absolute Gasteiger partial charge is 0.231 e. The molecule has 1 aliphatic heterocycles. The summed E-state index contributed by atoms with van der Waals surface area (Å²) in [5, 5.41) is 0. The lowest BCUT2D eigenvalue weighted by atomic mass is 10.2. The second kappa shape index (κ2) is 6.97. The SMILES string of the molecule is NNc1ccc(F)cc1.O=c1cc1C=Cc1ccc2c(c1)OCO2. The maximum absolute atomic E-state index is 12.2. The van der Waals surface area contributed by atoms with Gasteiger partial charge in [0.2, 0.25) is 6.79 Å². The number of rotatable bonds is 3. The van der Waals surface area contributed by atoms with Crippen LogP contribution in [0.4, 0.5) is 10.1 Å². The van der Waals surface area contributed by atoms with Crippen molar-refractivity contribution in [2.45, 2.75) is 0 Å². The van der Waals surface area contributed by atoms with E-state index >= 15 is 0 Å². The second-order valence-corrected chi connectivity index (χ2v) is 5.06. The van der Waals surface area contributed by atoms with Gasteiger partial charge in [0.1, 0.15) is 5.82 Å². The van der Waals surface area contributed by atoms with Crippen LogP contribution < -0.4 is 26.2 Å². The molecule has 0 aliphatic carbocycles. The molecule has 0 unspecified atom stereocenters. The highest BCUT2D eigenvalue weighted by Crippen LogP contribution is 2.32. The van der Waals surface area contributed by atoms with Crippen LogP contribution in [0.25, 0.3) is 12.2 Å². The van der Waals surface area contributed by atoms with Gasteiger partial charge in [-0.05, 0) is 48.0 Å². The molecule has 0 amide bonds. The van der Waals surface area contributed by atoms with Gasteiger partial charge in [0, 0.05) is 11.3 Å². The first kappa shape index (κ1) is 15.8. The molecule has 0 radical (unpaired) electrons. The van der Waals surface area contributed by atoms with E-state index in [0.29, 0.717) is 5.69 Å². The van der Waals surface area contributed by atoms with E-state index in [9.17, 15) is 9.18 Å². The zero-order valence-corrected chi connectivity index (χ0v) is 12.7. The van der Waals surface area contributed by atoms with Crippen molar-refractivity contribution in [1.29, 1.82) is 0 Å². The van der Waals surface area contributed by atoms with Crippen LogP contribution in [-0.4, -0.2) is 6.79 Å². The highest BCUT2D eigenvalue weighted by atomic mass is 19.1. The van der Waals surface area contributed by atoms with Gasteiger partial charge in [0.25, 0.3) is 0 Å². The van der Waals surface area contributed by atoms with Gasteiger partial charge >= 0.3 is 0 Å². The molecule has 0 saturated heterocycles. The number of hydrogen-bond donors (Lipinski definition) is 2. The summed E-state index contributed by atoms with van der Waals surface area (Å²) >= 11 is 0. The number of hydrogen-bond acceptors (Lipinski definition) is 5. The average Bonchev–Trinajstić information content (AvgIpc) is 3.11. The summed E-state index contributed by atoms with van der Waals surface area (Å²) in [4.78, 5) is 10.7. The number of nitrogen functional groups attached to an aromatic ring is 1. The minimum absolute atomic E-state index is 0.118. The number of benzene rings is 2. The van der Waals surface area contributed by atoms with Crippen molar-refractivity contribution in [3.05, 3.63) is 75.7 Å². The Morgan fingerprint density at radius 3 is 2.38 bits per heavy atom. The molecule has 0 aromatic heterocycles. The molecule has 0 atom stereocenters. The summed E-state index contributed by atoms with van der Waals surface area (Å²) in [6.07, 6.45) is 3.69. The molecule has 0 fully saturated rings. The maximum Gasteiger partial charge on any atom is 0.231 e. The minimum atomic E-state index is -0.256. The van der Waals surface area contributed by atoms with Gasteiger partial charge < -0.3 is 14.9 Å². The Hall–Kier alpha value is -3.12. The fraction of sp³-hybridized carbons (Fsp3) is 0.0556. The summed E-state index contributed by atoms with van der Waals surface area (Å²) in [5.41, 5.74) is 4.98. The highest BCUT2D eigenvalue weighted by molar-refractivity contribution is 5.73. The number of hydrazine groups is 1. The number of anilines is 1. The van der Waals surface area contributed by atoms with Crippen LogP contribution >= 0.6 is 0 Å². The molecule has 5 nitrogen and oxygen atoms in total. The zero-order chi connectivity index (χ0) is 16.9. The number of fused-ring (bicyclic) bond motifs is 1. The van der Waals surface area contributed by atoms with Crippen LogP contribution in [0.3, 0.4) is 0 Å². The summed E-state index contributed by atoms with van der Waals surface area (Å²) < 4.78 is 22.6. The normalized spacial score (nSPS) is 12.2. The number of nitrogens with one attached hydrogen (secondary N) is 1. The van der Waals surface area contributed by atoms with Crippen molar-refractivity contribution in [2.24, 2.45) is 5.84 Å². The molecular weight excluding hydrogens is 311 g/mol. The van der Waals surface area contributed by atoms with E-state index in [2.05, 4.69) is 5.43 Å². The van der Waals surface area contributed by atoms with Crippen LogP contribution in [0.15, 0.2) is 53.3 Å². The van der Waals surface area contributed by atoms with E-state index in [-0.39, 0.29) is 18.0 Å². The van der Waals surface area contributed by atoms with Gasteiger partial charge in [-0.2, -0.15) is 0 Å². The molecule has 6 heteroatoms. The lowest BCUT2D eigenvalue weighted by Crippen LogP contribution is -2.05. The Balaban J connectivity index is 0.000000162. The topological polar surface area (TPSA) is 73.6 Å². The lowest BCUT2D eigenvalue weighted by molar-refractivity contribution is 0.174. The first-order valence-corrected chi connectivity index (χ1v) is 7.21. The number of halogens is 1. The predicted molar refractivity (Wildman–Crippen MR) is 90.8 cm³/mol. The van der Waals surface area contributed by atoms with Gasteiger partial charge in [-0.1, -0.05) is 18.2 Å². The third-order valence-electron chi connectivity index (χ3n) is 3.35. The van der Waals surface area contributed by atoms with E-state index in [1.54, 1.807) is 24.3 Å². The van der Waals surface area contributed by atoms with E-state index < -0.39 is 0 Å². The quantitative estimate of drug-likeness (QED) is 0.572. The monoisotopic (exact) mass is 326 g/mol. The van der Waals surface area contributed by atoms with Gasteiger partial charge in [-0.3, -0.25) is 10.6 Å². The fourth-order valence-corrected chi connectivity index (χ4v) is 1.98. The summed E-state index contributed by atoms with van der Waals surface area (Å²) in [6.45, 7) is 0.284. The zero-order valence-electron chi connectivity index (χ0n) is 12.7. The third-order valence-corrected chi connectivity index (χ3v) is 3.35. The Bertz CT molecular complexity index is 865. The Morgan fingerprint density at radius 2 is 1.71 bits per heavy atom. The van der Waals surface area contributed by atoms with Crippen molar-refractivity contribution in [3.63, 3.8) is 0 Å². The molecule has 122 valence electrons. The first-order chi connectivity index (χ1) is 11.7. The Morgan fingerprint density at radius 1 is 1.00 bits per heavy atom. The number of nitrogens with two attached hydrogens (primary N) is 1. The van der Waals surface area contributed by atoms with Crippen LogP contribution in [0.5, 0.6) is 11.5 Å². The van der Waals surface area contributed by atoms with E-state index in [4.69, 9.17) is 15.3 Å². The van der Waals surface area contributed by atoms with E-state index in [0.717, 1.165) is 22.6 Å². The predicted octanol–water partition coefficient (Wildman–Crippen LogP) is 2.93. The van der Waals surface area contributed by atoms with Crippen molar-refractivity contribution in [1.82, 2.24) is 0 Å². The molecule has 0 bridgehead atoms. The highest BCUT2D eigenvalue weighted by Gasteiger charge is 2.12. The van der Waals surface area contributed by atoms with E-state index in [1.165, 1.54) is 12.1 Å². The van der Waals surface area contributed by atoms with Gasteiger partial charge in [0.15, 0.2) is 16.9 Å². The lowest BCUT2D eigenvalue weighted by Gasteiger charge is -1.96.